The first-order chi connectivity index (χ1) is 14.6. The minimum atomic E-state index is 0.0619. The Balaban J connectivity index is 1.54. The highest BCUT2D eigenvalue weighted by Gasteiger charge is 2.20. The molecule has 2 aromatic carbocycles. The van der Waals surface area contributed by atoms with E-state index in [1.165, 1.54) is 5.69 Å². The van der Waals surface area contributed by atoms with Crippen LogP contribution in [0.2, 0.25) is 0 Å². The van der Waals surface area contributed by atoms with Gasteiger partial charge in [-0.25, -0.2) is 0 Å². The van der Waals surface area contributed by atoms with Crippen LogP contribution in [-0.4, -0.2) is 71.8 Å². The number of anilines is 1. The summed E-state index contributed by atoms with van der Waals surface area (Å²) in [6, 6.07) is 11.6. The summed E-state index contributed by atoms with van der Waals surface area (Å²) in [6.45, 7) is 4.45. The Kier molecular flexibility index (Phi) is 7.41. The third kappa shape index (κ3) is 4.97. The van der Waals surface area contributed by atoms with Gasteiger partial charge in [-0.15, -0.1) is 0 Å². The van der Waals surface area contributed by atoms with Crippen molar-refractivity contribution in [3.8, 4) is 23.0 Å². The predicted octanol–water partition coefficient (Wildman–Crippen LogP) is 3.12. The van der Waals surface area contributed by atoms with Crippen LogP contribution in [0.1, 0.15) is 16.8 Å². The molecule has 0 N–H and O–H groups in total. The lowest BCUT2D eigenvalue weighted by Crippen LogP contribution is -2.46. The average Bonchev–Trinajstić information content (AvgIpc) is 2.81. The van der Waals surface area contributed by atoms with Crippen LogP contribution in [-0.2, 0) is 0 Å². The van der Waals surface area contributed by atoms with E-state index in [-0.39, 0.29) is 5.78 Å². The second-order valence-corrected chi connectivity index (χ2v) is 7.11. The van der Waals surface area contributed by atoms with E-state index in [2.05, 4.69) is 21.9 Å². The number of nitrogens with zero attached hydrogens (tertiary/aromatic N) is 2. The fourth-order valence-corrected chi connectivity index (χ4v) is 3.67. The van der Waals surface area contributed by atoms with Crippen molar-refractivity contribution in [1.29, 1.82) is 0 Å². The summed E-state index contributed by atoms with van der Waals surface area (Å²) >= 11 is 0. The van der Waals surface area contributed by atoms with Gasteiger partial charge in [0.05, 0.1) is 28.4 Å². The van der Waals surface area contributed by atoms with Crippen LogP contribution in [0.25, 0.3) is 0 Å². The third-order valence-electron chi connectivity index (χ3n) is 5.45. The molecule has 7 heteroatoms. The van der Waals surface area contributed by atoms with Crippen LogP contribution in [0.5, 0.6) is 23.0 Å². The monoisotopic (exact) mass is 414 g/mol. The van der Waals surface area contributed by atoms with Gasteiger partial charge < -0.3 is 23.8 Å². The molecular formula is C23H30N2O5. The highest BCUT2D eigenvalue weighted by molar-refractivity contribution is 5.97. The van der Waals surface area contributed by atoms with E-state index < -0.39 is 0 Å². The third-order valence-corrected chi connectivity index (χ3v) is 5.45. The Bertz CT molecular complexity index is 820. The molecule has 2 aromatic rings. The summed E-state index contributed by atoms with van der Waals surface area (Å²) in [4.78, 5) is 17.5. The number of benzene rings is 2. The zero-order chi connectivity index (χ0) is 21.5. The summed E-state index contributed by atoms with van der Waals surface area (Å²) < 4.78 is 21.3. The fraction of sp³-hybridized carbons (Fsp3) is 0.435. The minimum Gasteiger partial charge on any atom is -0.497 e. The van der Waals surface area contributed by atoms with Crippen LogP contribution in [0.15, 0.2) is 36.4 Å². The van der Waals surface area contributed by atoms with Gasteiger partial charge >= 0.3 is 0 Å². The van der Waals surface area contributed by atoms with Crippen molar-refractivity contribution in [2.24, 2.45) is 0 Å². The fourth-order valence-electron chi connectivity index (χ4n) is 3.67. The lowest BCUT2D eigenvalue weighted by Gasteiger charge is -2.36. The number of ketones is 1. The van der Waals surface area contributed by atoms with Crippen molar-refractivity contribution < 1.29 is 23.7 Å². The SMILES string of the molecule is COc1ccc(N2CCN(CCC(=O)c3cc(OC)c(OC)c(OC)c3)CC2)cc1. The van der Waals surface area contributed by atoms with E-state index in [0.717, 1.165) is 38.5 Å². The Morgan fingerprint density at radius 1 is 0.833 bits per heavy atom. The van der Waals surface area contributed by atoms with Gasteiger partial charge in [0.25, 0.3) is 0 Å². The highest BCUT2D eigenvalue weighted by Crippen LogP contribution is 2.38. The number of carbonyl (C=O) groups is 1. The van der Waals surface area contributed by atoms with E-state index in [4.69, 9.17) is 18.9 Å². The smallest absolute Gasteiger partial charge is 0.203 e. The van der Waals surface area contributed by atoms with E-state index in [0.29, 0.717) is 29.2 Å². The van der Waals surface area contributed by atoms with Gasteiger partial charge in [-0.2, -0.15) is 0 Å². The maximum Gasteiger partial charge on any atom is 0.203 e. The molecule has 0 radical (unpaired) electrons. The van der Waals surface area contributed by atoms with Crippen molar-refractivity contribution in [3.05, 3.63) is 42.0 Å². The normalized spacial score (nSPS) is 14.3. The number of Topliss-reactive ketones (excluding diaryl/α,β-unsaturated/α-hetero) is 1. The first-order valence-corrected chi connectivity index (χ1v) is 10.0. The van der Waals surface area contributed by atoms with Crippen LogP contribution in [0.3, 0.4) is 0 Å². The molecule has 162 valence electrons. The molecule has 0 aromatic heterocycles. The molecule has 0 saturated carbocycles. The predicted molar refractivity (Wildman–Crippen MR) is 117 cm³/mol. The van der Waals surface area contributed by atoms with Crippen molar-refractivity contribution in [2.45, 2.75) is 6.42 Å². The van der Waals surface area contributed by atoms with Gasteiger partial charge in [-0.1, -0.05) is 0 Å². The van der Waals surface area contributed by atoms with Gasteiger partial charge in [0.2, 0.25) is 5.75 Å². The molecule has 1 saturated heterocycles. The number of carbonyl (C=O) groups excluding carboxylic acids is 1. The Morgan fingerprint density at radius 3 is 1.93 bits per heavy atom. The van der Waals surface area contributed by atoms with Gasteiger partial charge in [0.1, 0.15) is 5.75 Å². The quantitative estimate of drug-likeness (QED) is 0.584. The molecule has 0 spiro atoms. The number of hydrogen-bond acceptors (Lipinski definition) is 7. The van der Waals surface area contributed by atoms with Gasteiger partial charge in [0.15, 0.2) is 17.3 Å². The average molecular weight is 415 g/mol. The van der Waals surface area contributed by atoms with Crippen LogP contribution in [0.4, 0.5) is 5.69 Å². The molecule has 1 aliphatic heterocycles. The summed E-state index contributed by atoms with van der Waals surface area (Å²) in [6.07, 6.45) is 0.446. The van der Waals surface area contributed by atoms with E-state index in [9.17, 15) is 4.79 Å². The van der Waals surface area contributed by atoms with Crippen molar-refractivity contribution in [3.63, 3.8) is 0 Å². The number of piperazine rings is 1. The molecule has 0 aliphatic carbocycles. The summed E-state index contributed by atoms with van der Waals surface area (Å²) in [5, 5.41) is 0. The molecule has 1 heterocycles. The topological polar surface area (TPSA) is 60.5 Å². The number of hydrogen-bond donors (Lipinski definition) is 0. The van der Waals surface area contributed by atoms with E-state index in [1.54, 1.807) is 40.6 Å². The maximum atomic E-state index is 12.8. The number of methoxy groups -OCH3 is 4. The molecule has 0 unspecified atom stereocenters. The summed E-state index contributed by atoms with van der Waals surface area (Å²) in [5.74, 6) is 2.40. The summed E-state index contributed by atoms with van der Waals surface area (Å²) in [7, 11) is 6.32. The van der Waals surface area contributed by atoms with Crippen LogP contribution < -0.4 is 23.8 Å². The Labute approximate surface area is 178 Å². The molecule has 0 atom stereocenters. The lowest BCUT2D eigenvalue weighted by molar-refractivity contribution is 0.0961. The molecule has 1 aliphatic rings. The second kappa shape index (κ2) is 10.2. The van der Waals surface area contributed by atoms with Crippen molar-refractivity contribution in [1.82, 2.24) is 4.90 Å². The minimum absolute atomic E-state index is 0.0619. The highest BCUT2D eigenvalue weighted by atomic mass is 16.5. The standard InChI is InChI=1S/C23H30N2O5/c1-27-19-7-5-18(6-8-19)25-13-11-24(12-14-25)10-9-20(26)17-15-21(28-2)23(30-4)22(16-17)29-3/h5-8,15-16H,9-14H2,1-4H3. The number of ether oxygens (including phenoxy) is 4. The summed E-state index contributed by atoms with van der Waals surface area (Å²) in [5.41, 5.74) is 1.77. The van der Waals surface area contributed by atoms with Crippen LogP contribution >= 0.6 is 0 Å². The van der Waals surface area contributed by atoms with Gasteiger partial charge in [0, 0.05) is 50.4 Å². The van der Waals surface area contributed by atoms with E-state index >= 15 is 0 Å². The zero-order valence-electron chi connectivity index (χ0n) is 18.1. The molecule has 30 heavy (non-hydrogen) atoms. The maximum absolute atomic E-state index is 12.8. The van der Waals surface area contributed by atoms with Crippen molar-refractivity contribution >= 4 is 11.5 Å². The first kappa shape index (κ1) is 21.8. The molecule has 7 nitrogen and oxygen atoms in total. The van der Waals surface area contributed by atoms with Crippen LogP contribution in [0, 0.1) is 0 Å². The first-order valence-electron chi connectivity index (χ1n) is 10.0. The molecule has 1 fully saturated rings. The lowest BCUT2D eigenvalue weighted by atomic mass is 10.1. The number of rotatable bonds is 9. The molecule has 0 amide bonds. The zero-order valence-corrected chi connectivity index (χ0v) is 18.1. The molecule has 0 bridgehead atoms. The van der Waals surface area contributed by atoms with Gasteiger partial charge in [-0.05, 0) is 36.4 Å². The van der Waals surface area contributed by atoms with Crippen molar-refractivity contribution in [2.75, 3.05) is 66.1 Å². The largest absolute Gasteiger partial charge is 0.497 e. The molecule has 3 rings (SSSR count). The second-order valence-electron chi connectivity index (χ2n) is 7.11. The van der Waals surface area contributed by atoms with Gasteiger partial charge in [-0.3, -0.25) is 9.69 Å². The Morgan fingerprint density at radius 2 is 1.43 bits per heavy atom. The molecular weight excluding hydrogens is 384 g/mol. The Hall–Kier alpha value is -2.93. The van der Waals surface area contributed by atoms with E-state index in [1.807, 2.05) is 12.1 Å².